The summed E-state index contributed by atoms with van der Waals surface area (Å²) in [6, 6.07) is 10.4. The van der Waals surface area contributed by atoms with Gasteiger partial charge in [-0.1, -0.05) is 28.9 Å². The van der Waals surface area contributed by atoms with Crippen LogP contribution in [0.5, 0.6) is 5.75 Å². The van der Waals surface area contributed by atoms with Gasteiger partial charge in [-0.2, -0.15) is 4.98 Å². The lowest BCUT2D eigenvalue weighted by atomic mass is 9.95. The number of ether oxygens (including phenoxy) is 2. The van der Waals surface area contributed by atoms with Gasteiger partial charge in [0.1, 0.15) is 17.4 Å². The normalized spacial score (nSPS) is 19.4. The maximum absolute atomic E-state index is 13.8. The number of halogens is 3. The molecule has 8 heteroatoms. The number of hydrogen-bond donors (Lipinski definition) is 0. The maximum atomic E-state index is 13.8. The van der Waals surface area contributed by atoms with E-state index in [9.17, 15) is 8.78 Å². The highest BCUT2D eigenvalue weighted by Gasteiger charge is 2.35. The number of hydrogen-bond acceptors (Lipinski definition) is 5. The molecule has 1 aliphatic rings. The monoisotopic (exact) mass is 392 g/mol. The molecule has 1 aromatic heterocycles. The largest absolute Gasteiger partial charge is 0.485 e. The van der Waals surface area contributed by atoms with Gasteiger partial charge in [-0.25, -0.2) is 8.78 Å². The third-order valence-electron chi connectivity index (χ3n) is 4.33. The van der Waals surface area contributed by atoms with E-state index >= 15 is 0 Å². The van der Waals surface area contributed by atoms with Crippen LogP contribution in [0, 0.1) is 11.6 Å². The molecule has 0 saturated carbocycles. The zero-order valence-corrected chi connectivity index (χ0v) is 14.8. The fraction of sp³-hybridized carbons (Fsp3) is 0.263. The van der Waals surface area contributed by atoms with Crippen molar-refractivity contribution in [2.75, 3.05) is 6.61 Å². The first-order chi connectivity index (χ1) is 13.1. The summed E-state index contributed by atoms with van der Waals surface area (Å²) >= 11 is 5.75. The molecule has 140 valence electrons. The van der Waals surface area contributed by atoms with Crippen molar-refractivity contribution in [3.8, 4) is 5.75 Å². The van der Waals surface area contributed by atoms with E-state index in [0.717, 1.165) is 0 Å². The summed E-state index contributed by atoms with van der Waals surface area (Å²) in [5.41, 5.74) is 0.662. The number of aromatic nitrogens is 2. The van der Waals surface area contributed by atoms with Gasteiger partial charge in [0, 0.05) is 12.7 Å². The van der Waals surface area contributed by atoms with Crippen LogP contribution in [-0.4, -0.2) is 16.7 Å². The van der Waals surface area contributed by atoms with Crippen LogP contribution in [0.4, 0.5) is 8.78 Å². The molecule has 5 nitrogen and oxygen atoms in total. The minimum absolute atomic E-state index is 0.0424. The van der Waals surface area contributed by atoms with Crippen LogP contribution in [-0.2, 0) is 11.3 Å². The molecule has 0 unspecified atom stereocenters. The summed E-state index contributed by atoms with van der Waals surface area (Å²) in [5.74, 6) is 0.0227. The van der Waals surface area contributed by atoms with Crippen LogP contribution in [0.3, 0.4) is 0 Å². The molecule has 0 spiro atoms. The van der Waals surface area contributed by atoms with Crippen molar-refractivity contribution < 1.29 is 22.8 Å². The Balaban J connectivity index is 1.47. The Morgan fingerprint density at radius 3 is 2.89 bits per heavy atom. The van der Waals surface area contributed by atoms with Gasteiger partial charge in [0.2, 0.25) is 11.7 Å². The summed E-state index contributed by atoms with van der Waals surface area (Å²) in [7, 11) is 0. The van der Waals surface area contributed by atoms with Gasteiger partial charge in [0.25, 0.3) is 0 Å². The van der Waals surface area contributed by atoms with Gasteiger partial charge in [-0.05, 0) is 36.2 Å². The van der Waals surface area contributed by atoms with Crippen LogP contribution in [0.2, 0.25) is 5.02 Å². The minimum Gasteiger partial charge on any atom is -0.485 e. The molecule has 1 saturated heterocycles. The molecule has 0 N–H and O–H groups in total. The predicted molar refractivity (Wildman–Crippen MR) is 92.5 cm³/mol. The van der Waals surface area contributed by atoms with E-state index < -0.39 is 11.9 Å². The standard InChI is InChI=1S/C19H15ClF2N2O3/c20-15-5-4-11(8-16(15)22)18-14(6-7-25-18)19-23-17(24-27-19)10-26-13-3-1-2-12(21)9-13/h1-5,8-9,14,18H,6-7,10H2/t14-,18+/m1/s1. The first-order valence-electron chi connectivity index (χ1n) is 8.37. The number of rotatable bonds is 5. The highest BCUT2D eigenvalue weighted by molar-refractivity contribution is 6.30. The molecule has 0 amide bonds. The van der Waals surface area contributed by atoms with E-state index in [2.05, 4.69) is 10.1 Å². The van der Waals surface area contributed by atoms with Crippen LogP contribution >= 0.6 is 11.6 Å². The zero-order valence-electron chi connectivity index (χ0n) is 14.1. The Hall–Kier alpha value is -2.51. The summed E-state index contributed by atoms with van der Waals surface area (Å²) in [5, 5.41) is 3.96. The van der Waals surface area contributed by atoms with Crippen molar-refractivity contribution in [1.29, 1.82) is 0 Å². The van der Waals surface area contributed by atoms with Crippen molar-refractivity contribution in [1.82, 2.24) is 10.1 Å². The van der Waals surface area contributed by atoms with E-state index in [0.29, 0.717) is 36.1 Å². The second-order valence-electron chi connectivity index (χ2n) is 6.15. The Bertz CT molecular complexity index is 950. The fourth-order valence-corrected chi connectivity index (χ4v) is 3.16. The van der Waals surface area contributed by atoms with E-state index in [4.69, 9.17) is 25.6 Å². The summed E-state index contributed by atoms with van der Waals surface area (Å²) in [6.45, 7) is 0.540. The Labute approximate surface area is 158 Å². The highest BCUT2D eigenvalue weighted by Crippen LogP contribution is 2.41. The van der Waals surface area contributed by atoms with Gasteiger partial charge in [0.05, 0.1) is 17.0 Å². The Kier molecular flexibility index (Phi) is 5.05. The van der Waals surface area contributed by atoms with E-state index in [1.807, 2.05) is 0 Å². The van der Waals surface area contributed by atoms with Crippen molar-refractivity contribution in [3.63, 3.8) is 0 Å². The molecular formula is C19H15ClF2N2O3. The predicted octanol–water partition coefficient (Wildman–Crippen LogP) is 4.83. The third-order valence-corrected chi connectivity index (χ3v) is 4.64. The summed E-state index contributed by atoms with van der Waals surface area (Å²) < 4.78 is 43.5. The van der Waals surface area contributed by atoms with E-state index in [-0.39, 0.29) is 23.4 Å². The quantitative estimate of drug-likeness (QED) is 0.622. The molecule has 0 aliphatic carbocycles. The van der Waals surface area contributed by atoms with Crippen LogP contribution in [0.1, 0.15) is 35.7 Å². The molecular weight excluding hydrogens is 378 g/mol. The third kappa shape index (κ3) is 3.94. The van der Waals surface area contributed by atoms with E-state index in [1.165, 1.54) is 24.3 Å². The van der Waals surface area contributed by atoms with Gasteiger partial charge >= 0.3 is 0 Å². The lowest BCUT2D eigenvalue weighted by molar-refractivity contribution is 0.0984. The Morgan fingerprint density at radius 2 is 2.07 bits per heavy atom. The minimum atomic E-state index is -0.502. The maximum Gasteiger partial charge on any atom is 0.232 e. The van der Waals surface area contributed by atoms with Crippen molar-refractivity contribution >= 4 is 11.6 Å². The van der Waals surface area contributed by atoms with Crippen LogP contribution in [0.15, 0.2) is 47.0 Å². The van der Waals surface area contributed by atoms with Crippen molar-refractivity contribution in [2.24, 2.45) is 0 Å². The molecule has 2 heterocycles. The average Bonchev–Trinajstić information content (AvgIpc) is 3.31. The number of benzene rings is 2. The van der Waals surface area contributed by atoms with Gasteiger partial charge in [-0.15, -0.1) is 0 Å². The second kappa shape index (κ2) is 7.62. The molecule has 2 atom stereocenters. The molecule has 1 aliphatic heterocycles. The molecule has 0 bridgehead atoms. The smallest absolute Gasteiger partial charge is 0.232 e. The summed E-state index contributed by atoms with van der Waals surface area (Å²) in [6.07, 6.45) is 0.274. The Morgan fingerprint density at radius 1 is 1.19 bits per heavy atom. The van der Waals surface area contributed by atoms with Crippen LogP contribution < -0.4 is 4.74 Å². The topological polar surface area (TPSA) is 57.4 Å². The van der Waals surface area contributed by atoms with Gasteiger partial charge in [-0.3, -0.25) is 0 Å². The lowest BCUT2D eigenvalue weighted by Crippen LogP contribution is -2.07. The van der Waals surface area contributed by atoms with E-state index in [1.54, 1.807) is 18.2 Å². The molecule has 4 rings (SSSR count). The van der Waals surface area contributed by atoms with Crippen LogP contribution in [0.25, 0.3) is 0 Å². The zero-order chi connectivity index (χ0) is 18.8. The van der Waals surface area contributed by atoms with Gasteiger partial charge in [0.15, 0.2) is 6.61 Å². The molecule has 27 heavy (non-hydrogen) atoms. The first kappa shape index (κ1) is 17.9. The average molecular weight is 393 g/mol. The molecule has 0 radical (unpaired) electrons. The molecule has 2 aromatic carbocycles. The molecule has 3 aromatic rings. The van der Waals surface area contributed by atoms with Gasteiger partial charge < -0.3 is 14.0 Å². The highest BCUT2D eigenvalue weighted by atomic mass is 35.5. The van der Waals surface area contributed by atoms with Crippen molar-refractivity contribution in [3.05, 3.63) is 76.4 Å². The number of nitrogens with zero attached hydrogens (tertiary/aromatic N) is 2. The summed E-state index contributed by atoms with van der Waals surface area (Å²) in [4.78, 5) is 4.35. The SMILES string of the molecule is Fc1cccc(OCc2noc([C@@H]3CCO[C@H]3c3ccc(Cl)c(F)c3)n2)c1. The van der Waals surface area contributed by atoms with Crippen molar-refractivity contribution in [2.45, 2.75) is 25.0 Å². The second-order valence-corrected chi connectivity index (χ2v) is 6.56. The molecule has 1 fully saturated rings. The first-order valence-corrected chi connectivity index (χ1v) is 8.75. The fourth-order valence-electron chi connectivity index (χ4n) is 3.04. The lowest BCUT2D eigenvalue weighted by Gasteiger charge is -2.16.